The first-order valence-electron chi connectivity index (χ1n) is 9.24. The van der Waals surface area contributed by atoms with E-state index in [1.165, 1.54) is 19.4 Å². The molecule has 0 aromatic carbocycles. The molecule has 0 spiro atoms. The highest BCUT2D eigenvalue weighted by Gasteiger charge is 2.23. The summed E-state index contributed by atoms with van der Waals surface area (Å²) >= 11 is 0. The lowest BCUT2D eigenvalue weighted by atomic mass is 10.2. The quantitative estimate of drug-likeness (QED) is 0.534. The summed E-state index contributed by atoms with van der Waals surface area (Å²) in [4.78, 5) is 9.41. The fourth-order valence-electron chi connectivity index (χ4n) is 3.54. The normalized spacial score (nSPS) is 20.7. The molecule has 1 aliphatic heterocycles. The minimum atomic E-state index is 0.133. The average molecular weight is 335 g/mol. The molecule has 1 saturated heterocycles. The van der Waals surface area contributed by atoms with Gasteiger partial charge in [-0.3, -0.25) is 14.8 Å². The molecule has 1 aromatic heterocycles. The highest BCUT2D eigenvalue weighted by Crippen LogP contribution is 2.21. The number of likely N-dealkylation sites (tertiary alicyclic amines) is 1. The Kier molecular flexibility index (Phi) is 7.59. The van der Waals surface area contributed by atoms with Gasteiger partial charge in [-0.25, -0.2) is 0 Å². The number of nitrogens with two attached hydrogens (primary N) is 1. The van der Waals surface area contributed by atoms with Gasteiger partial charge < -0.3 is 15.5 Å². The summed E-state index contributed by atoms with van der Waals surface area (Å²) in [6.07, 6.45) is 4.24. The van der Waals surface area contributed by atoms with E-state index in [9.17, 15) is 0 Å². The number of nitrogens with zero attached hydrogens (tertiary/aromatic N) is 3. The summed E-state index contributed by atoms with van der Waals surface area (Å²) in [6, 6.07) is 4.65. The Morgan fingerprint density at radius 1 is 1.46 bits per heavy atom. The zero-order valence-electron chi connectivity index (χ0n) is 15.4. The van der Waals surface area contributed by atoms with Gasteiger partial charge in [0.05, 0.1) is 18.8 Å². The molecule has 0 aliphatic carbocycles. The number of hydrogen-bond donors (Lipinski definition) is 2. The SMILES string of the molecule is CCN1CCCC1CNC(N)=NCC(c1ccco1)N(CC)CC. The third-order valence-electron chi connectivity index (χ3n) is 4.98. The topological polar surface area (TPSA) is 70.0 Å². The molecule has 2 atom stereocenters. The molecule has 24 heavy (non-hydrogen) atoms. The molecule has 3 N–H and O–H groups in total. The number of rotatable bonds is 9. The molecule has 2 rings (SSSR count). The van der Waals surface area contributed by atoms with E-state index in [0.29, 0.717) is 18.5 Å². The molecular formula is C18H33N5O. The maximum atomic E-state index is 6.09. The van der Waals surface area contributed by atoms with E-state index in [-0.39, 0.29) is 6.04 Å². The molecule has 1 aliphatic rings. The lowest BCUT2D eigenvalue weighted by Crippen LogP contribution is -2.43. The van der Waals surface area contributed by atoms with Crippen LogP contribution >= 0.6 is 0 Å². The van der Waals surface area contributed by atoms with Crippen molar-refractivity contribution in [3.63, 3.8) is 0 Å². The van der Waals surface area contributed by atoms with E-state index in [0.717, 1.165) is 31.9 Å². The molecule has 6 heteroatoms. The molecule has 0 bridgehead atoms. The standard InChI is InChI=1S/C18H33N5O/c1-4-22(5-2)16(17-10-8-12-24-17)14-21-18(19)20-13-15-9-7-11-23(15)6-3/h8,10,12,15-16H,4-7,9,11,13-14H2,1-3H3,(H3,19,20,21). The van der Waals surface area contributed by atoms with Crippen LogP contribution in [0.2, 0.25) is 0 Å². The molecule has 1 aromatic rings. The predicted molar refractivity (Wildman–Crippen MR) is 99.1 cm³/mol. The van der Waals surface area contributed by atoms with Crippen LogP contribution in [0.3, 0.4) is 0 Å². The van der Waals surface area contributed by atoms with E-state index in [4.69, 9.17) is 10.2 Å². The van der Waals surface area contributed by atoms with Gasteiger partial charge in [-0.1, -0.05) is 20.8 Å². The monoisotopic (exact) mass is 335 g/mol. The summed E-state index contributed by atoms with van der Waals surface area (Å²) < 4.78 is 5.60. The lowest BCUT2D eigenvalue weighted by Gasteiger charge is -2.27. The van der Waals surface area contributed by atoms with Gasteiger partial charge in [-0.05, 0) is 51.2 Å². The summed E-state index contributed by atoms with van der Waals surface area (Å²) in [7, 11) is 0. The first kappa shape index (κ1) is 18.8. The number of guanidine groups is 1. The molecule has 0 amide bonds. The van der Waals surface area contributed by atoms with Crippen molar-refractivity contribution in [3.8, 4) is 0 Å². The smallest absolute Gasteiger partial charge is 0.188 e. The van der Waals surface area contributed by atoms with Gasteiger partial charge in [0.2, 0.25) is 0 Å². The van der Waals surface area contributed by atoms with Crippen molar-refractivity contribution in [2.75, 3.05) is 39.3 Å². The van der Waals surface area contributed by atoms with Crippen molar-refractivity contribution in [2.24, 2.45) is 10.7 Å². The second-order valence-electron chi connectivity index (χ2n) is 6.28. The van der Waals surface area contributed by atoms with Crippen molar-refractivity contribution < 1.29 is 4.42 Å². The minimum Gasteiger partial charge on any atom is -0.468 e. The maximum Gasteiger partial charge on any atom is 0.188 e. The zero-order chi connectivity index (χ0) is 17.4. The number of furan rings is 1. The average Bonchev–Trinajstić information content (AvgIpc) is 3.27. The van der Waals surface area contributed by atoms with Crippen molar-refractivity contribution in [2.45, 2.75) is 45.7 Å². The fourth-order valence-corrected chi connectivity index (χ4v) is 3.54. The van der Waals surface area contributed by atoms with Gasteiger partial charge in [0, 0.05) is 12.6 Å². The Labute approximate surface area is 146 Å². The molecule has 6 nitrogen and oxygen atoms in total. The van der Waals surface area contributed by atoms with Crippen LogP contribution < -0.4 is 11.1 Å². The predicted octanol–water partition coefficient (Wildman–Crippen LogP) is 2.05. The van der Waals surface area contributed by atoms with E-state index < -0.39 is 0 Å². The largest absolute Gasteiger partial charge is 0.468 e. The van der Waals surface area contributed by atoms with Crippen LogP contribution in [0, 0.1) is 0 Å². The van der Waals surface area contributed by atoms with Gasteiger partial charge in [-0.15, -0.1) is 0 Å². The van der Waals surface area contributed by atoms with Crippen LogP contribution in [0.1, 0.15) is 45.4 Å². The second-order valence-corrected chi connectivity index (χ2v) is 6.28. The van der Waals surface area contributed by atoms with Crippen LogP contribution in [0.15, 0.2) is 27.8 Å². The summed E-state index contributed by atoms with van der Waals surface area (Å²) in [5.41, 5.74) is 6.09. The van der Waals surface area contributed by atoms with E-state index in [1.54, 1.807) is 6.26 Å². The molecule has 0 saturated carbocycles. The maximum absolute atomic E-state index is 6.09. The number of nitrogens with one attached hydrogen (secondary N) is 1. The summed E-state index contributed by atoms with van der Waals surface area (Å²) in [6.45, 7) is 12.2. The van der Waals surface area contributed by atoms with Crippen molar-refractivity contribution in [1.29, 1.82) is 0 Å². The number of hydrogen-bond acceptors (Lipinski definition) is 4. The van der Waals surface area contributed by atoms with Gasteiger partial charge in [-0.2, -0.15) is 0 Å². The fraction of sp³-hybridized carbons (Fsp3) is 0.722. The molecule has 2 unspecified atom stereocenters. The minimum absolute atomic E-state index is 0.133. The summed E-state index contributed by atoms with van der Waals surface area (Å²) in [5.74, 6) is 1.48. The van der Waals surface area contributed by atoms with Gasteiger partial charge in [0.1, 0.15) is 5.76 Å². The van der Waals surface area contributed by atoms with Crippen molar-refractivity contribution >= 4 is 5.96 Å². The van der Waals surface area contributed by atoms with Crippen LogP contribution in [-0.4, -0.2) is 61.1 Å². The van der Waals surface area contributed by atoms with Gasteiger partial charge >= 0.3 is 0 Å². The molecule has 0 radical (unpaired) electrons. The Morgan fingerprint density at radius 3 is 2.88 bits per heavy atom. The number of aliphatic imine (C=N–C) groups is 1. The van der Waals surface area contributed by atoms with Crippen LogP contribution in [-0.2, 0) is 0 Å². The first-order valence-corrected chi connectivity index (χ1v) is 9.24. The van der Waals surface area contributed by atoms with Crippen LogP contribution in [0.25, 0.3) is 0 Å². The Morgan fingerprint density at radius 2 is 2.25 bits per heavy atom. The van der Waals surface area contributed by atoms with Gasteiger partial charge in [0.25, 0.3) is 0 Å². The van der Waals surface area contributed by atoms with Crippen LogP contribution in [0.4, 0.5) is 0 Å². The van der Waals surface area contributed by atoms with Crippen molar-refractivity contribution in [1.82, 2.24) is 15.1 Å². The first-order chi connectivity index (χ1) is 11.7. The Bertz CT molecular complexity index is 484. The van der Waals surface area contributed by atoms with Crippen molar-refractivity contribution in [3.05, 3.63) is 24.2 Å². The molecule has 1 fully saturated rings. The number of likely N-dealkylation sites (N-methyl/N-ethyl adjacent to an activating group) is 2. The van der Waals surface area contributed by atoms with Gasteiger partial charge in [0.15, 0.2) is 5.96 Å². The molecular weight excluding hydrogens is 302 g/mol. The van der Waals surface area contributed by atoms with Crippen LogP contribution in [0.5, 0.6) is 0 Å². The lowest BCUT2D eigenvalue weighted by molar-refractivity contribution is 0.198. The Balaban J connectivity index is 1.90. The third-order valence-corrected chi connectivity index (χ3v) is 4.98. The third kappa shape index (κ3) is 4.98. The van der Waals surface area contributed by atoms with E-state index in [1.807, 2.05) is 12.1 Å². The zero-order valence-corrected chi connectivity index (χ0v) is 15.4. The molecule has 2 heterocycles. The van der Waals surface area contributed by atoms with E-state index >= 15 is 0 Å². The highest BCUT2D eigenvalue weighted by molar-refractivity contribution is 5.77. The molecule has 136 valence electrons. The van der Waals surface area contributed by atoms with E-state index in [2.05, 4.69) is 40.9 Å². The summed E-state index contributed by atoms with van der Waals surface area (Å²) in [5, 5.41) is 3.30. The highest BCUT2D eigenvalue weighted by atomic mass is 16.3. The Hall–Kier alpha value is -1.53. The second kappa shape index (κ2) is 9.69.